The monoisotopic (exact) mass is 798 g/mol. The summed E-state index contributed by atoms with van der Waals surface area (Å²) in [7, 11) is 0. The Morgan fingerprint density at radius 1 is 0.400 bits per heavy atom. The molecule has 60 heavy (non-hydrogen) atoms. The van der Waals surface area contributed by atoms with Crippen molar-refractivity contribution < 1.29 is 39.6 Å². The van der Waals surface area contributed by atoms with Gasteiger partial charge in [0.05, 0.1) is 34.3 Å². The molecule has 0 saturated carbocycles. The number of fused-ring (bicyclic) bond motifs is 8. The van der Waals surface area contributed by atoms with E-state index in [1.54, 1.807) is 72.8 Å². The number of rotatable bonds is 8. The number of carboxylic acid groups (broad SMARTS) is 4. The Labute approximate surface area is 342 Å². The second-order valence-electron chi connectivity index (χ2n) is 15.1. The summed E-state index contributed by atoms with van der Waals surface area (Å²) in [6, 6.07) is 34.8. The number of hydrogen-bond donors (Lipinski definition) is 8. The maximum absolute atomic E-state index is 11.9. The molecule has 2 fully saturated rings. The average molecular weight is 799 g/mol. The third-order valence-electron chi connectivity index (χ3n) is 11.6. The summed E-state index contributed by atoms with van der Waals surface area (Å²) in [4.78, 5) is 54.9. The van der Waals surface area contributed by atoms with Gasteiger partial charge in [-0.15, -0.1) is 0 Å². The number of carbonyl (C=O) groups is 4. The highest BCUT2D eigenvalue weighted by Gasteiger charge is 2.31. The SMILES string of the molecule is O=C(O)c1ccc(C2=C3CCC(N3)/C(c3ccc(C(=O)O)cc3)=c3\cc/c([nH]3)=C(\c3ccc(C(=O)O)cc3)C3CC/C(=C(\c4ccc(C(=O)O)cc4)c4ccc2[nH]4)N3)cc1. The lowest BCUT2D eigenvalue weighted by Gasteiger charge is -2.20. The normalized spacial score (nSPS) is 20.3. The summed E-state index contributed by atoms with van der Waals surface area (Å²) >= 11 is 0. The van der Waals surface area contributed by atoms with Crippen molar-refractivity contribution in [3.63, 3.8) is 0 Å². The summed E-state index contributed by atoms with van der Waals surface area (Å²) in [6.07, 6.45) is 2.65. The van der Waals surface area contributed by atoms with Crippen LogP contribution >= 0.6 is 0 Å². The van der Waals surface area contributed by atoms with Crippen LogP contribution in [0.2, 0.25) is 0 Å². The molecule has 0 radical (unpaired) electrons. The first-order chi connectivity index (χ1) is 29.0. The van der Waals surface area contributed by atoms with Crippen molar-refractivity contribution in [3.05, 3.63) is 199 Å². The lowest BCUT2D eigenvalue weighted by Crippen LogP contribution is -2.31. The molecule has 3 aliphatic rings. The Morgan fingerprint density at radius 2 is 0.717 bits per heavy atom. The maximum atomic E-state index is 11.9. The van der Waals surface area contributed by atoms with Crippen LogP contribution in [0, 0.1) is 0 Å². The number of aromatic amines is 2. The molecule has 9 rings (SSSR count). The molecule has 2 saturated heterocycles. The topological polar surface area (TPSA) is 205 Å². The lowest BCUT2D eigenvalue weighted by atomic mass is 9.95. The average Bonchev–Trinajstić information content (AvgIpc) is 4.10. The second-order valence-corrected chi connectivity index (χ2v) is 15.1. The van der Waals surface area contributed by atoms with Gasteiger partial charge in [0, 0.05) is 55.8 Å². The Bertz CT molecular complexity index is 2720. The van der Waals surface area contributed by atoms with Crippen molar-refractivity contribution in [1.29, 1.82) is 0 Å². The molecule has 8 N–H and O–H groups in total. The van der Waals surface area contributed by atoms with E-state index in [9.17, 15) is 39.6 Å². The number of aromatic nitrogens is 2. The Kier molecular flexibility index (Phi) is 9.52. The van der Waals surface area contributed by atoms with Crippen LogP contribution in [0.3, 0.4) is 0 Å². The third-order valence-corrected chi connectivity index (χ3v) is 11.6. The lowest BCUT2D eigenvalue weighted by molar-refractivity contribution is 0.0686. The predicted molar refractivity (Wildman–Crippen MR) is 224 cm³/mol. The second kappa shape index (κ2) is 15.1. The maximum Gasteiger partial charge on any atom is 0.335 e. The van der Waals surface area contributed by atoms with Gasteiger partial charge in [-0.05, 0) is 121 Å². The van der Waals surface area contributed by atoms with Crippen molar-refractivity contribution in [3.8, 4) is 0 Å². The van der Waals surface area contributed by atoms with E-state index in [-0.39, 0.29) is 34.3 Å². The quantitative estimate of drug-likeness (QED) is 0.0867. The van der Waals surface area contributed by atoms with Crippen LogP contribution in [-0.2, 0) is 0 Å². The van der Waals surface area contributed by atoms with Gasteiger partial charge in [0.25, 0.3) is 0 Å². The summed E-state index contributed by atoms with van der Waals surface area (Å²) in [5.41, 5.74) is 11.0. The van der Waals surface area contributed by atoms with E-state index in [0.717, 1.165) is 78.0 Å². The molecule has 0 spiro atoms. The molecule has 5 heterocycles. The minimum atomic E-state index is -1.03. The molecule has 2 atom stereocenters. The van der Waals surface area contributed by atoms with Crippen molar-refractivity contribution in [2.45, 2.75) is 37.8 Å². The molecule has 6 aromatic rings. The summed E-state index contributed by atoms with van der Waals surface area (Å²) < 4.78 is 0. The van der Waals surface area contributed by atoms with E-state index < -0.39 is 23.9 Å². The van der Waals surface area contributed by atoms with Crippen LogP contribution < -0.4 is 21.3 Å². The summed E-state index contributed by atoms with van der Waals surface area (Å²) in [5.74, 6) is -4.10. The largest absolute Gasteiger partial charge is 0.478 e. The number of benzene rings is 4. The molecule has 12 heteroatoms. The smallest absolute Gasteiger partial charge is 0.335 e. The zero-order valence-corrected chi connectivity index (χ0v) is 32.0. The first-order valence-electron chi connectivity index (χ1n) is 19.5. The predicted octanol–water partition coefficient (Wildman–Crippen LogP) is 6.27. The van der Waals surface area contributed by atoms with Crippen LogP contribution in [0.15, 0.2) is 133 Å². The van der Waals surface area contributed by atoms with Gasteiger partial charge in [-0.2, -0.15) is 0 Å². The van der Waals surface area contributed by atoms with Crippen molar-refractivity contribution in [2.75, 3.05) is 0 Å². The van der Waals surface area contributed by atoms with Crippen LogP contribution in [0.4, 0.5) is 0 Å². The zero-order valence-electron chi connectivity index (χ0n) is 32.0. The Hall–Kier alpha value is -7.86. The first kappa shape index (κ1) is 37.7. The molecular weight excluding hydrogens is 761 g/mol. The van der Waals surface area contributed by atoms with Gasteiger partial charge >= 0.3 is 23.9 Å². The summed E-state index contributed by atoms with van der Waals surface area (Å²) in [5, 5.41) is 48.1. The number of hydrogen-bond acceptors (Lipinski definition) is 6. The fourth-order valence-electron chi connectivity index (χ4n) is 8.73. The van der Waals surface area contributed by atoms with Gasteiger partial charge < -0.3 is 41.0 Å². The number of H-pyrrole nitrogens is 2. The van der Waals surface area contributed by atoms with Crippen LogP contribution in [0.5, 0.6) is 0 Å². The highest BCUT2D eigenvalue weighted by atomic mass is 16.4. The number of carboxylic acids is 4. The molecule has 3 aliphatic heterocycles. The third kappa shape index (κ3) is 6.93. The summed E-state index contributed by atoms with van der Waals surface area (Å²) in [6.45, 7) is 0. The van der Waals surface area contributed by atoms with Crippen molar-refractivity contribution in [1.82, 2.24) is 20.6 Å². The first-order valence-corrected chi connectivity index (χ1v) is 19.5. The van der Waals surface area contributed by atoms with E-state index in [0.29, 0.717) is 25.7 Å². The van der Waals surface area contributed by atoms with Gasteiger partial charge in [-0.3, -0.25) is 0 Å². The minimum Gasteiger partial charge on any atom is -0.478 e. The molecule has 12 nitrogen and oxygen atoms in total. The standard InChI is InChI=1S/C48H38N4O8/c53-45(54)29-9-1-25(2-10-29)41-33-17-19-35(49-33)42(26-3-11-30(12-4-26)46(55)56)37-21-23-39(51-37)44(28-7-15-32(16-8-28)48(59)60)40-24-22-38(52-40)43(36-20-18-34(41)50-36)27-5-13-31(14-6-27)47(57)58/h1-17,19,22,24,34,37,49-52H,18,20-21,23H2,(H,53,54)(H,55,56)(H,57,58)(H,59,60)/b41-33-,42-35+,43-36-,44-39?. The molecule has 0 aliphatic carbocycles. The Morgan fingerprint density at radius 3 is 1.03 bits per heavy atom. The molecule has 298 valence electrons. The zero-order chi connectivity index (χ0) is 41.7. The van der Waals surface area contributed by atoms with E-state index in [1.807, 2.05) is 48.5 Å². The van der Waals surface area contributed by atoms with Crippen LogP contribution in [-0.4, -0.2) is 66.4 Å². The molecule has 2 aromatic heterocycles. The molecule has 4 aromatic carbocycles. The van der Waals surface area contributed by atoms with Gasteiger partial charge in [-0.25, -0.2) is 19.2 Å². The van der Waals surface area contributed by atoms with E-state index in [2.05, 4.69) is 20.6 Å². The Balaban J connectivity index is 1.32. The minimum absolute atomic E-state index is 0.164. The fourth-order valence-corrected chi connectivity index (χ4v) is 8.73. The highest BCUT2D eigenvalue weighted by molar-refractivity contribution is 5.92. The molecule has 0 amide bonds. The van der Waals surface area contributed by atoms with Crippen molar-refractivity contribution in [2.24, 2.45) is 0 Å². The molecular formula is C48H38N4O8. The number of allylic oxidation sites excluding steroid dienone is 2. The van der Waals surface area contributed by atoms with E-state index >= 15 is 0 Å². The number of aromatic carboxylic acids is 4. The van der Waals surface area contributed by atoms with E-state index in [4.69, 9.17) is 0 Å². The number of nitrogens with one attached hydrogen (secondary N) is 4. The van der Waals surface area contributed by atoms with Gasteiger partial charge in [0.15, 0.2) is 0 Å². The molecule has 2 unspecified atom stereocenters. The van der Waals surface area contributed by atoms with Crippen LogP contribution in [0.25, 0.3) is 22.3 Å². The fraction of sp³-hybridized carbons (Fsp3) is 0.125. The van der Waals surface area contributed by atoms with E-state index in [1.165, 1.54) is 0 Å². The van der Waals surface area contributed by atoms with Crippen LogP contribution in [0.1, 0.15) is 101 Å². The van der Waals surface area contributed by atoms with Crippen molar-refractivity contribution >= 4 is 46.2 Å². The molecule has 8 bridgehead atoms. The van der Waals surface area contributed by atoms with Gasteiger partial charge in [0.2, 0.25) is 0 Å². The van der Waals surface area contributed by atoms with Gasteiger partial charge in [-0.1, -0.05) is 48.5 Å². The highest BCUT2D eigenvalue weighted by Crippen LogP contribution is 2.38. The van der Waals surface area contributed by atoms with Gasteiger partial charge in [0.1, 0.15) is 0 Å².